The Bertz CT molecular complexity index is 832. The Kier molecular flexibility index (Phi) is 4.64. The summed E-state index contributed by atoms with van der Waals surface area (Å²) >= 11 is 0. The Labute approximate surface area is 148 Å². The van der Waals surface area contributed by atoms with Crippen LogP contribution in [0.15, 0.2) is 18.3 Å². The predicted molar refractivity (Wildman–Crippen MR) is 86.9 cm³/mol. The lowest BCUT2D eigenvalue weighted by atomic mass is 10.2. The summed E-state index contributed by atoms with van der Waals surface area (Å²) in [5, 5.41) is 4.24. The molecule has 0 unspecified atom stereocenters. The molecule has 0 spiro atoms. The molecule has 3 rings (SSSR count). The van der Waals surface area contributed by atoms with Gasteiger partial charge in [-0.15, -0.1) is 0 Å². The first-order valence-corrected chi connectivity index (χ1v) is 8.16. The van der Waals surface area contributed by atoms with Crippen molar-refractivity contribution in [2.24, 2.45) is 7.05 Å². The molecule has 1 fully saturated rings. The SMILES string of the molecule is Cc1nn(C)c(C)c1C(=O)N1CC[C@H](Oc2cc(C(F)(F)F)ccn2)C1. The summed E-state index contributed by atoms with van der Waals surface area (Å²) in [4.78, 5) is 18.2. The molecule has 0 N–H and O–H groups in total. The van der Waals surface area contributed by atoms with Crippen LogP contribution in [-0.2, 0) is 13.2 Å². The maximum Gasteiger partial charge on any atom is 0.416 e. The normalized spacial score (nSPS) is 17.6. The Morgan fingerprint density at radius 2 is 2.08 bits per heavy atom. The van der Waals surface area contributed by atoms with Crippen molar-refractivity contribution in [2.75, 3.05) is 13.1 Å². The number of aryl methyl sites for hydroxylation is 2. The predicted octanol–water partition coefficient (Wildman–Crippen LogP) is 2.74. The monoisotopic (exact) mass is 368 g/mol. The third kappa shape index (κ3) is 3.51. The Hall–Kier alpha value is -2.58. The lowest BCUT2D eigenvalue weighted by Gasteiger charge is -2.17. The minimum atomic E-state index is -4.45. The van der Waals surface area contributed by atoms with Crippen LogP contribution < -0.4 is 4.74 Å². The van der Waals surface area contributed by atoms with Crippen molar-refractivity contribution in [3.63, 3.8) is 0 Å². The van der Waals surface area contributed by atoms with Crippen molar-refractivity contribution >= 4 is 5.91 Å². The number of hydrogen-bond donors (Lipinski definition) is 0. The number of rotatable bonds is 3. The number of nitrogens with zero attached hydrogens (tertiary/aromatic N) is 4. The number of amides is 1. The fourth-order valence-electron chi connectivity index (χ4n) is 3.07. The summed E-state index contributed by atoms with van der Waals surface area (Å²) in [7, 11) is 1.77. The number of halogens is 3. The third-order valence-electron chi connectivity index (χ3n) is 4.50. The molecule has 1 amide bonds. The quantitative estimate of drug-likeness (QED) is 0.836. The zero-order valence-electron chi connectivity index (χ0n) is 14.7. The summed E-state index contributed by atoms with van der Waals surface area (Å²) in [6, 6.07) is 1.77. The van der Waals surface area contributed by atoms with Gasteiger partial charge >= 0.3 is 6.18 Å². The highest BCUT2D eigenvalue weighted by Crippen LogP contribution is 2.31. The molecule has 26 heavy (non-hydrogen) atoms. The van der Waals surface area contributed by atoms with E-state index in [0.29, 0.717) is 30.8 Å². The molecule has 1 aliphatic rings. The summed E-state index contributed by atoms with van der Waals surface area (Å²) in [6.07, 6.45) is -3.25. The summed E-state index contributed by atoms with van der Waals surface area (Å²) in [5.41, 5.74) is 1.18. The zero-order valence-corrected chi connectivity index (χ0v) is 14.7. The van der Waals surface area contributed by atoms with E-state index in [9.17, 15) is 18.0 Å². The number of likely N-dealkylation sites (tertiary alicyclic amines) is 1. The van der Waals surface area contributed by atoms with Crippen molar-refractivity contribution in [2.45, 2.75) is 32.5 Å². The Morgan fingerprint density at radius 1 is 1.35 bits per heavy atom. The van der Waals surface area contributed by atoms with Gasteiger partial charge in [0.25, 0.3) is 5.91 Å². The summed E-state index contributed by atoms with van der Waals surface area (Å²) < 4.78 is 45.5. The first kappa shape index (κ1) is 18.2. The highest BCUT2D eigenvalue weighted by atomic mass is 19.4. The van der Waals surface area contributed by atoms with Crippen LogP contribution in [0.1, 0.15) is 33.7 Å². The molecule has 0 aromatic carbocycles. The molecule has 0 radical (unpaired) electrons. The molecule has 1 saturated heterocycles. The van der Waals surface area contributed by atoms with E-state index in [1.165, 1.54) is 0 Å². The van der Waals surface area contributed by atoms with Crippen LogP contribution in [0.2, 0.25) is 0 Å². The van der Waals surface area contributed by atoms with E-state index >= 15 is 0 Å². The number of hydrogen-bond acceptors (Lipinski definition) is 4. The van der Waals surface area contributed by atoms with Gasteiger partial charge in [-0.25, -0.2) is 4.98 Å². The summed E-state index contributed by atoms with van der Waals surface area (Å²) in [5.74, 6) is -0.232. The molecule has 9 heteroatoms. The minimum Gasteiger partial charge on any atom is -0.472 e. The standard InChI is InChI=1S/C17H19F3N4O2/c1-10-15(11(2)23(3)22-10)16(25)24-7-5-13(9-24)26-14-8-12(4-6-21-14)17(18,19)20/h4,6,8,13H,5,7,9H2,1-3H3/t13-/m0/s1. The van der Waals surface area contributed by atoms with Gasteiger partial charge in [0.1, 0.15) is 6.10 Å². The average Bonchev–Trinajstić information content (AvgIpc) is 3.11. The lowest BCUT2D eigenvalue weighted by molar-refractivity contribution is -0.137. The third-order valence-corrected chi connectivity index (χ3v) is 4.50. The smallest absolute Gasteiger partial charge is 0.416 e. The van der Waals surface area contributed by atoms with E-state index in [2.05, 4.69) is 10.1 Å². The second-order valence-electron chi connectivity index (χ2n) is 6.33. The second kappa shape index (κ2) is 6.62. The number of ether oxygens (including phenoxy) is 1. The van der Waals surface area contributed by atoms with Gasteiger partial charge in [0.2, 0.25) is 5.88 Å². The van der Waals surface area contributed by atoms with Gasteiger partial charge in [0.15, 0.2) is 0 Å². The van der Waals surface area contributed by atoms with Gasteiger partial charge in [-0.3, -0.25) is 9.48 Å². The van der Waals surface area contributed by atoms with E-state index in [1.54, 1.807) is 23.6 Å². The Balaban J connectivity index is 1.68. The van der Waals surface area contributed by atoms with Crippen molar-refractivity contribution in [3.05, 3.63) is 40.8 Å². The molecule has 3 heterocycles. The molecule has 2 aromatic heterocycles. The topological polar surface area (TPSA) is 60.2 Å². The zero-order chi connectivity index (χ0) is 19.1. The van der Waals surface area contributed by atoms with Crippen LogP contribution in [-0.4, -0.2) is 44.8 Å². The van der Waals surface area contributed by atoms with Crippen LogP contribution >= 0.6 is 0 Å². The summed E-state index contributed by atoms with van der Waals surface area (Å²) in [6.45, 7) is 4.36. The van der Waals surface area contributed by atoms with Crippen molar-refractivity contribution < 1.29 is 22.7 Å². The first-order chi connectivity index (χ1) is 12.2. The average molecular weight is 368 g/mol. The number of alkyl halides is 3. The van der Waals surface area contributed by atoms with Crippen LogP contribution in [0.4, 0.5) is 13.2 Å². The molecule has 1 atom stereocenters. The van der Waals surface area contributed by atoms with E-state index in [-0.39, 0.29) is 11.8 Å². The van der Waals surface area contributed by atoms with Crippen molar-refractivity contribution in [3.8, 4) is 5.88 Å². The molecular formula is C17H19F3N4O2. The van der Waals surface area contributed by atoms with E-state index in [0.717, 1.165) is 24.0 Å². The maximum atomic E-state index is 12.8. The van der Waals surface area contributed by atoms with Gasteiger partial charge in [-0.2, -0.15) is 18.3 Å². The van der Waals surface area contributed by atoms with Gasteiger partial charge in [-0.05, 0) is 19.9 Å². The maximum absolute atomic E-state index is 12.8. The fourth-order valence-corrected chi connectivity index (χ4v) is 3.07. The molecule has 0 aliphatic carbocycles. The molecule has 6 nitrogen and oxygen atoms in total. The highest BCUT2D eigenvalue weighted by molar-refractivity contribution is 5.96. The number of pyridine rings is 1. The lowest BCUT2D eigenvalue weighted by Crippen LogP contribution is -2.31. The molecule has 140 valence electrons. The van der Waals surface area contributed by atoms with E-state index < -0.39 is 17.8 Å². The molecule has 0 bridgehead atoms. The van der Waals surface area contributed by atoms with Crippen molar-refractivity contribution in [1.82, 2.24) is 19.7 Å². The largest absolute Gasteiger partial charge is 0.472 e. The molecule has 1 aliphatic heterocycles. The minimum absolute atomic E-state index is 0.0899. The van der Waals surface area contributed by atoms with Gasteiger partial charge in [0.05, 0.1) is 23.4 Å². The van der Waals surface area contributed by atoms with Gasteiger partial charge in [-0.1, -0.05) is 0 Å². The van der Waals surface area contributed by atoms with Gasteiger partial charge in [0, 0.05) is 38.0 Å². The van der Waals surface area contributed by atoms with E-state index in [4.69, 9.17) is 4.74 Å². The number of carbonyl (C=O) groups is 1. The molecule has 0 saturated carbocycles. The Morgan fingerprint density at radius 3 is 2.69 bits per heavy atom. The van der Waals surface area contributed by atoms with Crippen molar-refractivity contribution in [1.29, 1.82) is 0 Å². The van der Waals surface area contributed by atoms with Gasteiger partial charge < -0.3 is 9.64 Å². The van der Waals surface area contributed by atoms with Crippen LogP contribution in [0.3, 0.4) is 0 Å². The fraction of sp³-hybridized carbons (Fsp3) is 0.471. The van der Waals surface area contributed by atoms with E-state index in [1.807, 2.05) is 6.92 Å². The highest BCUT2D eigenvalue weighted by Gasteiger charge is 2.33. The number of aromatic nitrogens is 3. The first-order valence-electron chi connectivity index (χ1n) is 8.16. The molecular weight excluding hydrogens is 349 g/mol. The second-order valence-corrected chi connectivity index (χ2v) is 6.33. The number of carbonyl (C=O) groups excluding carboxylic acids is 1. The molecule has 2 aromatic rings. The van der Waals surface area contributed by atoms with Crippen LogP contribution in [0, 0.1) is 13.8 Å². The van der Waals surface area contributed by atoms with Crippen LogP contribution in [0.5, 0.6) is 5.88 Å². The van der Waals surface area contributed by atoms with Crippen LogP contribution in [0.25, 0.3) is 0 Å².